The summed E-state index contributed by atoms with van der Waals surface area (Å²) in [5, 5.41) is 10.1. The Labute approximate surface area is 147 Å². The lowest BCUT2D eigenvalue weighted by molar-refractivity contribution is -0.177. The highest BCUT2D eigenvalue weighted by Crippen LogP contribution is 2.51. The van der Waals surface area contributed by atoms with E-state index in [2.05, 4.69) is 41.5 Å². The molecule has 1 saturated carbocycles. The Balaban J connectivity index is 1.54. The van der Waals surface area contributed by atoms with Crippen molar-refractivity contribution in [1.29, 1.82) is 0 Å². The van der Waals surface area contributed by atoms with E-state index in [0.717, 1.165) is 17.7 Å². The fourth-order valence-corrected chi connectivity index (χ4v) is 3.27. The lowest BCUT2D eigenvalue weighted by atomic mass is 9.56. The maximum Gasteiger partial charge on any atom is 0.315 e. The van der Waals surface area contributed by atoms with Gasteiger partial charge < -0.3 is 15.4 Å². The van der Waals surface area contributed by atoms with Crippen molar-refractivity contribution in [3.05, 3.63) is 42.5 Å². The number of urea groups is 1. The van der Waals surface area contributed by atoms with Gasteiger partial charge >= 0.3 is 6.03 Å². The number of benzene rings is 1. The minimum atomic E-state index is -0.197. The summed E-state index contributed by atoms with van der Waals surface area (Å²) >= 11 is 0. The van der Waals surface area contributed by atoms with Crippen molar-refractivity contribution >= 4 is 6.03 Å². The number of amides is 2. The number of hydrogen-bond donors (Lipinski definition) is 2. The van der Waals surface area contributed by atoms with E-state index in [1.165, 1.54) is 6.33 Å². The van der Waals surface area contributed by atoms with Crippen molar-refractivity contribution in [2.24, 2.45) is 5.41 Å². The predicted octanol–water partition coefficient (Wildman–Crippen LogP) is 2.27. The first-order chi connectivity index (χ1) is 11.9. The summed E-state index contributed by atoms with van der Waals surface area (Å²) in [5.74, 6) is 0. The van der Waals surface area contributed by atoms with Crippen LogP contribution in [0.2, 0.25) is 0 Å². The van der Waals surface area contributed by atoms with E-state index in [1.807, 2.05) is 24.3 Å². The van der Waals surface area contributed by atoms with Crippen LogP contribution in [0.5, 0.6) is 0 Å². The summed E-state index contributed by atoms with van der Waals surface area (Å²) in [5.41, 5.74) is 1.61. The second-order valence-electron chi connectivity index (χ2n) is 7.25. The molecule has 134 valence electrons. The van der Waals surface area contributed by atoms with E-state index in [-0.39, 0.29) is 23.1 Å². The van der Waals surface area contributed by atoms with Crippen molar-refractivity contribution < 1.29 is 9.53 Å². The normalized spacial score (nSPS) is 24.4. The largest absolute Gasteiger partial charge is 0.378 e. The molecule has 0 spiro atoms. The molecule has 1 aliphatic carbocycles. The first kappa shape index (κ1) is 17.4. The molecular formula is C18H25N5O2. The molecule has 1 aromatic heterocycles. The maximum atomic E-state index is 12.2. The number of nitrogens with zero attached hydrogens (tertiary/aromatic N) is 3. The van der Waals surface area contributed by atoms with Gasteiger partial charge in [0.1, 0.15) is 12.7 Å². The van der Waals surface area contributed by atoms with Gasteiger partial charge in [-0.1, -0.05) is 26.0 Å². The van der Waals surface area contributed by atoms with Crippen LogP contribution in [0.15, 0.2) is 36.9 Å². The standard InChI is InChI=1S/C18H25N5O2/c1-17(2)15(9-18(17,3)25-4)22-16(24)20-10-13-6-5-7-14(8-13)23-12-19-11-21-23/h5-8,11-12,15H,9-10H2,1-4H3,(H2,20,22,24). The van der Waals surface area contributed by atoms with Crippen LogP contribution >= 0.6 is 0 Å². The number of nitrogens with one attached hydrogen (secondary N) is 2. The van der Waals surface area contributed by atoms with E-state index in [1.54, 1.807) is 18.1 Å². The average Bonchev–Trinajstić information content (AvgIpc) is 3.14. The molecule has 0 saturated heterocycles. The maximum absolute atomic E-state index is 12.2. The molecule has 2 N–H and O–H groups in total. The Morgan fingerprint density at radius 3 is 2.84 bits per heavy atom. The Hall–Kier alpha value is -2.41. The smallest absolute Gasteiger partial charge is 0.315 e. The second kappa shape index (κ2) is 6.48. The van der Waals surface area contributed by atoms with Crippen LogP contribution in [0.25, 0.3) is 5.69 Å². The molecule has 2 aromatic rings. The van der Waals surface area contributed by atoms with Gasteiger partial charge in [0, 0.05) is 25.1 Å². The molecule has 7 nitrogen and oxygen atoms in total. The van der Waals surface area contributed by atoms with E-state index in [9.17, 15) is 4.79 Å². The zero-order valence-corrected chi connectivity index (χ0v) is 15.1. The van der Waals surface area contributed by atoms with Crippen LogP contribution < -0.4 is 10.6 Å². The van der Waals surface area contributed by atoms with Crippen LogP contribution in [0.1, 0.15) is 32.8 Å². The summed E-state index contributed by atoms with van der Waals surface area (Å²) < 4.78 is 7.28. The summed E-state index contributed by atoms with van der Waals surface area (Å²) in [6.45, 7) is 6.76. The molecule has 0 aliphatic heterocycles. The number of hydrogen-bond acceptors (Lipinski definition) is 4. The van der Waals surface area contributed by atoms with Crippen molar-refractivity contribution in [2.45, 2.75) is 45.4 Å². The minimum Gasteiger partial charge on any atom is -0.378 e. The first-order valence-corrected chi connectivity index (χ1v) is 8.39. The Bertz CT molecular complexity index is 744. The third kappa shape index (κ3) is 3.24. The number of carbonyl (C=O) groups is 1. The van der Waals surface area contributed by atoms with E-state index < -0.39 is 0 Å². The number of rotatable bonds is 5. The monoisotopic (exact) mass is 343 g/mol. The number of aromatic nitrogens is 3. The highest BCUT2D eigenvalue weighted by Gasteiger charge is 2.58. The highest BCUT2D eigenvalue weighted by atomic mass is 16.5. The third-order valence-electron chi connectivity index (χ3n) is 5.63. The fraction of sp³-hybridized carbons (Fsp3) is 0.500. The fourth-order valence-electron chi connectivity index (χ4n) is 3.27. The number of ether oxygens (including phenoxy) is 1. The number of methoxy groups -OCH3 is 1. The molecule has 1 heterocycles. The Morgan fingerprint density at radius 1 is 1.40 bits per heavy atom. The molecule has 25 heavy (non-hydrogen) atoms. The van der Waals surface area contributed by atoms with Crippen molar-refractivity contribution in [3.63, 3.8) is 0 Å². The zero-order valence-electron chi connectivity index (χ0n) is 15.1. The van der Waals surface area contributed by atoms with E-state index >= 15 is 0 Å². The van der Waals surface area contributed by atoms with Gasteiger partial charge in [-0.25, -0.2) is 14.5 Å². The van der Waals surface area contributed by atoms with Gasteiger partial charge in [0.15, 0.2) is 0 Å². The second-order valence-corrected chi connectivity index (χ2v) is 7.25. The quantitative estimate of drug-likeness (QED) is 0.873. The summed E-state index contributed by atoms with van der Waals surface area (Å²) in [7, 11) is 1.72. The average molecular weight is 343 g/mol. The molecule has 7 heteroatoms. The van der Waals surface area contributed by atoms with Crippen molar-refractivity contribution in [3.8, 4) is 5.69 Å². The van der Waals surface area contributed by atoms with Crippen LogP contribution in [0.3, 0.4) is 0 Å². The lowest BCUT2D eigenvalue weighted by Gasteiger charge is -2.59. The molecule has 2 atom stereocenters. The van der Waals surface area contributed by atoms with Crippen LogP contribution in [0, 0.1) is 5.41 Å². The summed E-state index contributed by atoms with van der Waals surface area (Å²) in [4.78, 5) is 16.2. The van der Waals surface area contributed by atoms with Crippen molar-refractivity contribution in [2.75, 3.05) is 7.11 Å². The lowest BCUT2D eigenvalue weighted by Crippen LogP contribution is -2.69. The van der Waals surface area contributed by atoms with E-state index in [0.29, 0.717) is 6.54 Å². The van der Waals surface area contributed by atoms with Gasteiger partial charge in [0.2, 0.25) is 0 Å². The Morgan fingerprint density at radius 2 is 2.20 bits per heavy atom. The summed E-state index contributed by atoms with van der Waals surface area (Å²) in [6, 6.07) is 7.76. The molecule has 3 rings (SSSR count). The molecule has 0 radical (unpaired) electrons. The zero-order chi connectivity index (χ0) is 18.1. The van der Waals surface area contributed by atoms with Gasteiger partial charge in [0.05, 0.1) is 11.3 Å². The van der Waals surface area contributed by atoms with Crippen LogP contribution in [-0.4, -0.2) is 39.5 Å². The van der Waals surface area contributed by atoms with Gasteiger partial charge in [-0.3, -0.25) is 0 Å². The molecule has 1 aromatic carbocycles. The predicted molar refractivity (Wildman–Crippen MR) is 94.3 cm³/mol. The van der Waals surface area contributed by atoms with Gasteiger partial charge in [-0.05, 0) is 31.0 Å². The van der Waals surface area contributed by atoms with Gasteiger partial charge in [0.25, 0.3) is 0 Å². The summed E-state index contributed by atoms with van der Waals surface area (Å²) in [6.07, 6.45) is 3.95. The van der Waals surface area contributed by atoms with E-state index in [4.69, 9.17) is 4.74 Å². The molecule has 2 amide bonds. The van der Waals surface area contributed by atoms with Gasteiger partial charge in [-0.2, -0.15) is 5.10 Å². The minimum absolute atomic E-state index is 0.0962. The SMILES string of the molecule is COC1(C)CC(NC(=O)NCc2cccc(-n3cncn3)c2)C1(C)C. The van der Waals surface area contributed by atoms with Gasteiger partial charge in [-0.15, -0.1) is 0 Å². The highest BCUT2D eigenvalue weighted by molar-refractivity contribution is 5.74. The third-order valence-corrected chi connectivity index (χ3v) is 5.63. The van der Waals surface area contributed by atoms with Crippen molar-refractivity contribution in [1.82, 2.24) is 25.4 Å². The molecule has 0 bridgehead atoms. The molecular weight excluding hydrogens is 318 g/mol. The molecule has 1 fully saturated rings. The van der Waals surface area contributed by atoms with Crippen LogP contribution in [0.4, 0.5) is 4.79 Å². The molecule has 1 aliphatic rings. The topological polar surface area (TPSA) is 81.1 Å². The Kier molecular flexibility index (Phi) is 4.51. The van der Waals surface area contributed by atoms with Crippen LogP contribution in [-0.2, 0) is 11.3 Å². The number of carbonyl (C=O) groups excluding carboxylic acids is 1. The molecule has 2 unspecified atom stereocenters. The first-order valence-electron chi connectivity index (χ1n) is 8.39.